The number of thioether (sulfide) groups is 1. The van der Waals surface area contributed by atoms with Crippen LogP contribution in [-0.2, 0) is 9.53 Å². The lowest BCUT2D eigenvalue weighted by Crippen LogP contribution is -2.38. The van der Waals surface area contributed by atoms with E-state index in [1.165, 1.54) is 11.8 Å². The highest BCUT2D eigenvalue weighted by Gasteiger charge is 2.16. The maximum Gasteiger partial charge on any atom is 0.236 e. The van der Waals surface area contributed by atoms with Crippen LogP contribution in [0.4, 0.5) is 0 Å². The molecule has 146 valence electrons. The van der Waals surface area contributed by atoms with Crippen LogP contribution in [0.5, 0.6) is 11.5 Å². The molecule has 0 unspecified atom stereocenters. The second kappa shape index (κ2) is 10.3. The first-order valence-corrected chi connectivity index (χ1v) is 9.96. The van der Waals surface area contributed by atoms with Gasteiger partial charge in [0.25, 0.3) is 0 Å². The van der Waals surface area contributed by atoms with Crippen molar-refractivity contribution in [3.63, 3.8) is 0 Å². The fourth-order valence-electron chi connectivity index (χ4n) is 2.63. The zero-order valence-electron chi connectivity index (χ0n) is 15.3. The van der Waals surface area contributed by atoms with Crippen molar-refractivity contribution in [3.8, 4) is 11.5 Å². The number of carbonyl (C=O) groups is 1. The third-order valence-corrected chi connectivity index (χ3v) is 4.84. The molecule has 0 atom stereocenters. The number of ether oxygens (including phenoxy) is 3. The maximum atomic E-state index is 11.1. The first-order valence-electron chi connectivity index (χ1n) is 8.98. The molecule has 2 heterocycles. The number of morpholine rings is 1. The molecule has 1 aromatic rings. The fourth-order valence-corrected chi connectivity index (χ4v) is 3.26. The molecule has 0 saturated carbocycles. The second-order valence-corrected chi connectivity index (χ2v) is 6.89. The summed E-state index contributed by atoms with van der Waals surface area (Å²) in [5.74, 6) is 1.73. The summed E-state index contributed by atoms with van der Waals surface area (Å²) >= 11 is 1.34. The number of amides is 1. The Bertz CT molecular complexity index is 705. The molecule has 2 aliphatic rings. The van der Waals surface area contributed by atoms with Gasteiger partial charge in [0.05, 0.1) is 31.8 Å². The lowest BCUT2D eigenvalue weighted by atomic mass is 10.2. The summed E-state index contributed by atoms with van der Waals surface area (Å²) in [6.45, 7) is 7.39. The van der Waals surface area contributed by atoms with Crippen LogP contribution in [-0.4, -0.2) is 74.0 Å². The molecule has 8 nitrogen and oxygen atoms in total. The Morgan fingerprint density at radius 3 is 2.89 bits per heavy atom. The van der Waals surface area contributed by atoms with Gasteiger partial charge in [0.1, 0.15) is 6.61 Å². The fraction of sp³-hybridized carbons (Fsp3) is 0.500. The van der Waals surface area contributed by atoms with E-state index >= 15 is 0 Å². The van der Waals surface area contributed by atoms with Gasteiger partial charge in [0.2, 0.25) is 5.91 Å². The highest BCUT2D eigenvalue weighted by atomic mass is 32.2. The number of hydrogen-bond donors (Lipinski definition) is 1. The molecular weight excluding hydrogens is 368 g/mol. The predicted octanol–water partition coefficient (Wildman–Crippen LogP) is 1.35. The maximum absolute atomic E-state index is 11.1. The van der Waals surface area contributed by atoms with Crippen LogP contribution in [0.15, 0.2) is 28.4 Å². The Morgan fingerprint density at radius 2 is 2.15 bits per heavy atom. The summed E-state index contributed by atoms with van der Waals surface area (Å²) < 4.78 is 17.0. The third-order valence-electron chi connectivity index (χ3n) is 3.98. The van der Waals surface area contributed by atoms with Crippen molar-refractivity contribution in [1.29, 1.82) is 0 Å². The Hall–Kier alpha value is -2.10. The summed E-state index contributed by atoms with van der Waals surface area (Å²) in [6, 6.07) is 5.65. The summed E-state index contributed by atoms with van der Waals surface area (Å²) in [7, 11) is 0. The van der Waals surface area contributed by atoms with E-state index in [9.17, 15) is 4.79 Å². The van der Waals surface area contributed by atoms with Crippen molar-refractivity contribution in [1.82, 2.24) is 10.2 Å². The normalized spacial score (nSPS) is 19.6. The van der Waals surface area contributed by atoms with Crippen LogP contribution >= 0.6 is 11.8 Å². The molecule has 0 spiro atoms. The molecular formula is C18H24N4O4S. The van der Waals surface area contributed by atoms with Gasteiger partial charge in [-0.25, -0.2) is 0 Å². The van der Waals surface area contributed by atoms with E-state index < -0.39 is 0 Å². The van der Waals surface area contributed by atoms with Crippen LogP contribution in [0.1, 0.15) is 12.5 Å². The molecule has 1 N–H and O–H groups in total. The minimum absolute atomic E-state index is 0.0498. The zero-order chi connectivity index (χ0) is 18.9. The molecule has 27 heavy (non-hydrogen) atoms. The molecule has 2 saturated heterocycles. The number of hydrogen-bond acceptors (Lipinski definition) is 8. The number of nitrogens with zero attached hydrogens (tertiary/aromatic N) is 3. The van der Waals surface area contributed by atoms with Crippen molar-refractivity contribution < 1.29 is 19.0 Å². The van der Waals surface area contributed by atoms with Crippen molar-refractivity contribution in [2.75, 3.05) is 51.8 Å². The quantitative estimate of drug-likeness (QED) is 0.531. The molecule has 0 radical (unpaired) electrons. The largest absolute Gasteiger partial charge is 0.490 e. The van der Waals surface area contributed by atoms with Crippen molar-refractivity contribution in [2.24, 2.45) is 10.2 Å². The summed E-state index contributed by atoms with van der Waals surface area (Å²) in [6.07, 6.45) is 1.62. The minimum atomic E-state index is -0.0498. The predicted molar refractivity (Wildman–Crippen MR) is 106 cm³/mol. The van der Waals surface area contributed by atoms with E-state index in [0.29, 0.717) is 35.6 Å². The lowest BCUT2D eigenvalue weighted by molar-refractivity contribution is -0.116. The number of rotatable bonds is 8. The van der Waals surface area contributed by atoms with Crippen LogP contribution < -0.4 is 14.8 Å². The highest BCUT2D eigenvalue weighted by Crippen LogP contribution is 2.28. The number of amidine groups is 1. The molecule has 1 aromatic carbocycles. The van der Waals surface area contributed by atoms with E-state index in [2.05, 4.69) is 20.4 Å². The third kappa shape index (κ3) is 6.23. The molecule has 9 heteroatoms. The van der Waals surface area contributed by atoms with Gasteiger partial charge in [0, 0.05) is 19.6 Å². The van der Waals surface area contributed by atoms with Gasteiger partial charge in [-0.3, -0.25) is 9.69 Å². The van der Waals surface area contributed by atoms with Gasteiger partial charge < -0.3 is 19.5 Å². The number of nitrogens with one attached hydrogen (secondary N) is 1. The monoisotopic (exact) mass is 392 g/mol. The van der Waals surface area contributed by atoms with Crippen molar-refractivity contribution in [2.45, 2.75) is 6.92 Å². The Kier molecular flexibility index (Phi) is 7.49. The molecule has 0 bridgehead atoms. The topological polar surface area (TPSA) is 84.8 Å². The first-order chi connectivity index (χ1) is 13.2. The Balaban J connectivity index is 1.57. The van der Waals surface area contributed by atoms with Gasteiger partial charge in [0.15, 0.2) is 16.7 Å². The number of benzene rings is 1. The van der Waals surface area contributed by atoms with Crippen LogP contribution in [0, 0.1) is 0 Å². The van der Waals surface area contributed by atoms with Crippen molar-refractivity contribution >= 4 is 29.1 Å². The molecule has 2 aliphatic heterocycles. The van der Waals surface area contributed by atoms with E-state index in [4.69, 9.17) is 14.2 Å². The van der Waals surface area contributed by atoms with E-state index in [0.717, 1.165) is 38.4 Å². The van der Waals surface area contributed by atoms with Crippen molar-refractivity contribution in [3.05, 3.63) is 23.8 Å². The average molecular weight is 392 g/mol. The lowest BCUT2D eigenvalue weighted by Gasteiger charge is -2.26. The SMILES string of the molecule is CCOc1cc(C=NN=C2NC(=O)CS2)ccc1OCCN1CCOCC1. The summed E-state index contributed by atoms with van der Waals surface area (Å²) in [4.78, 5) is 13.4. The molecule has 2 fully saturated rings. The molecule has 0 aliphatic carbocycles. The van der Waals surface area contributed by atoms with Gasteiger partial charge in [-0.1, -0.05) is 11.8 Å². The van der Waals surface area contributed by atoms with E-state index in [-0.39, 0.29) is 5.91 Å². The van der Waals surface area contributed by atoms with Gasteiger partial charge in [-0.15, -0.1) is 5.10 Å². The smallest absolute Gasteiger partial charge is 0.236 e. The van der Waals surface area contributed by atoms with Crippen LogP contribution in [0.25, 0.3) is 0 Å². The molecule has 3 rings (SSSR count). The van der Waals surface area contributed by atoms with Gasteiger partial charge in [-0.2, -0.15) is 5.10 Å². The Labute approximate surface area is 162 Å². The zero-order valence-corrected chi connectivity index (χ0v) is 16.2. The van der Waals surface area contributed by atoms with Crippen LogP contribution in [0.2, 0.25) is 0 Å². The summed E-state index contributed by atoms with van der Waals surface area (Å²) in [5, 5.41) is 11.2. The Morgan fingerprint density at radius 1 is 1.30 bits per heavy atom. The number of carbonyl (C=O) groups excluding carboxylic acids is 1. The first kappa shape index (κ1) is 19.7. The molecule has 0 aromatic heterocycles. The highest BCUT2D eigenvalue weighted by molar-refractivity contribution is 8.15. The van der Waals surface area contributed by atoms with E-state index in [1.54, 1.807) is 6.21 Å². The van der Waals surface area contributed by atoms with Gasteiger partial charge in [-0.05, 0) is 30.7 Å². The molecule has 1 amide bonds. The minimum Gasteiger partial charge on any atom is -0.490 e. The summed E-state index contributed by atoms with van der Waals surface area (Å²) in [5.41, 5.74) is 0.845. The second-order valence-electron chi connectivity index (χ2n) is 5.93. The standard InChI is InChI=1S/C18H24N4O4S/c1-2-25-16-11-14(12-19-21-18-20-17(23)13-27-18)3-4-15(16)26-10-7-22-5-8-24-9-6-22/h3-4,11-12H,2,5-10,13H2,1H3,(H,20,21,23). The van der Waals surface area contributed by atoms with E-state index in [1.807, 2.05) is 25.1 Å². The van der Waals surface area contributed by atoms with Crippen LogP contribution in [0.3, 0.4) is 0 Å². The van der Waals surface area contributed by atoms with Gasteiger partial charge >= 0.3 is 0 Å². The average Bonchev–Trinajstić information content (AvgIpc) is 3.10.